The highest BCUT2D eigenvalue weighted by atomic mass is 32.1. The molecule has 1 fully saturated rings. The van der Waals surface area contributed by atoms with Gasteiger partial charge in [0.25, 0.3) is 0 Å². The van der Waals surface area contributed by atoms with Gasteiger partial charge in [-0.3, -0.25) is 9.36 Å². The lowest BCUT2D eigenvalue weighted by Gasteiger charge is -2.27. The maximum Gasteiger partial charge on any atom is 0.309 e. The van der Waals surface area contributed by atoms with Crippen molar-refractivity contribution >= 4 is 18.2 Å². The fourth-order valence-electron chi connectivity index (χ4n) is 3.49. The van der Waals surface area contributed by atoms with E-state index in [0.29, 0.717) is 29.6 Å². The molecule has 1 saturated heterocycles. The van der Waals surface area contributed by atoms with Crippen molar-refractivity contribution in [3.63, 3.8) is 0 Å². The van der Waals surface area contributed by atoms with E-state index in [2.05, 4.69) is 11.7 Å². The summed E-state index contributed by atoms with van der Waals surface area (Å²) >= 11 is 5.60. The van der Waals surface area contributed by atoms with Gasteiger partial charge in [0.15, 0.2) is 12.5 Å². The van der Waals surface area contributed by atoms with Crippen LogP contribution >= 0.6 is 12.2 Å². The first-order valence-corrected chi connectivity index (χ1v) is 9.99. The molecule has 0 bridgehead atoms. The number of ether oxygens (including phenoxy) is 2. The maximum absolute atomic E-state index is 13.1. The summed E-state index contributed by atoms with van der Waals surface area (Å²) in [6, 6.07) is 5.86. The first-order valence-electron chi connectivity index (χ1n) is 9.59. The number of methoxy groups -OCH3 is 1. The van der Waals surface area contributed by atoms with E-state index in [1.54, 1.807) is 22.9 Å². The molecule has 1 aliphatic rings. The molecular weight excluding hydrogens is 395 g/mol. The van der Waals surface area contributed by atoms with Crippen molar-refractivity contribution in [2.75, 3.05) is 20.2 Å². The Hall–Kier alpha value is -2.52. The maximum atomic E-state index is 13.1. The zero-order chi connectivity index (χ0) is 20.8. The molecule has 0 radical (unpaired) electrons. The van der Waals surface area contributed by atoms with Gasteiger partial charge in [0.2, 0.25) is 4.77 Å². The van der Waals surface area contributed by atoms with Crippen LogP contribution in [-0.4, -0.2) is 40.5 Å². The highest BCUT2D eigenvalue weighted by Crippen LogP contribution is 2.14. The molecule has 0 aliphatic carbocycles. The average Bonchev–Trinajstić information content (AvgIpc) is 3.03. The van der Waals surface area contributed by atoms with Crippen molar-refractivity contribution in [2.45, 2.75) is 32.7 Å². The lowest BCUT2D eigenvalue weighted by atomic mass is 9.97. The summed E-state index contributed by atoms with van der Waals surface area (Å²) in [5, 5.41) is 4.64. The molecule has 0 unspecified atom stereocenters. The molecule has 7 nitrogen and oxygen atoms in total. The monoisotopic (exact) mass is 421 g/mol. The minimum absolute atomic E-state index is 0.0188. The number of piperidine rings is 1. The van der Waals surface area contributed by atoms with Crippen LogP contribution in [0.1, 0.15) is 18.7 Å². The standard InChI is InChI=1S/C20H25FN4O3S/c1-3-10-24-18(13-28-17-6-4-16(21)5-7-17)22-25(20(24)29)14-23-11-8-15(9-12-23)19(26)27-2/h3-7,15H,1,8-14H2,2H3/p+1. The van der Waals surface area contributed by atoms with Crippen LogP contribution in [0.25, 0.3) is 0 Å². The number of quaternary nitrogens is 1. The lowest BCUT2D eigenvalue weighted by Crippen LogP contribution is -3.12. The number of nitrogens with one attached hydrogen (secondary N) is 1. The third-order valence-electron chi connectivity index (χ3n) is 5.09. The number of hydrogen-bond donors (Lipinski definition) is 1. The smallest absolute Gasteiger partial charge is 0.309 e. The predicted molar refractivity (Wildman–Crippen MR) is 107 cm³/mol. The van der Waals surface area contributed by atoms with Gasteiger partial charge in [0.05, 0.1) is 26.1 Å². The number of carbonyl (C=O) groups is 1. The van der Waals surface area contributed by atoms with E-state index >= 15 is 0 Å². The quantitative estimate of drug-likeness (QED) is 0.400. The van der Waals surface area contributed by atoms with Crippen LogP contribution in [0.15, 0.2) is 36.9 Å². The van der Waals surface area contributed by atoms with E-state index in [4.69, 9.17) is 21.7 Å². The lowest BCUT2D eigenvalue weighted by molar-refractivity contribution is -0.929. The molecule has 1 aromatic heterocycles. The number of carbonyl (C=O) groups excluding carboxylic acids is 1. The predicted octanol–water partition coefficient (Wildman–Crippen LogP) is 1.74. The molecule has 2 aromatic rings. The van der Waals surface area contributed by atoms with Gasteiger partial charge < -0.3 is 14.4 Å². The highest BCUT2D eigenvalue weighted by Gasteiger charge is 2.28. The molecule has 9 heteroatoms. The van der Waals surface area contributed by atoms with Crippen LogP contribution < -0.4 is 9.64 Å². The Morgan fingerprint density at radius 1 is 1.38 bits per heavy atom. The van der Waals surface area contributed by atoms with Crippen molar-refractivity contribution in [1.29, 1.82) is 0 Å². The number of hydrogen-bond acceptors (Lipinski definition) is 5. The molecule has 0 saturated carbocycles. The Labute approximate surface area is 174 Å². The highest BCUT2D eigenvalue weighted by molar-refractivity contribution is 7.71. The molecule has 0 amide bonds. The minimum Gasteiger partial charge on any atom is -0.486 e. The Morgan fingerprint density at radius 3 is 2.69 bits per heavy atom. The van der Waals surface area contributed by atoms with Crippen molar-refractivity contribution < 1.29 is 23.6 Å². The fraction of sp³-hybridized carbons (Fsp3) is 0.450. The Bertz CT molecular complexity index is 901. The summed E-state index contributed by atoms with van der Waals surface area (Å²) in [5.74, 6) is 0.789. The molecule has 1 aromatic carbocycles. The number of nitrogens with zero attached hydrogens (tertiary/aromatic N) is 3. The summed E-state index contributed by atoms with van der Waals surface area (Å²) in [4.78, 5) is 13.0. The third kappa shape index (κ3) is 5.30. The van der Waals surface area contributed by atoms with E-state index in [1.807, 2.05) is 4.57 Å². The number of rotatable bonds is 8. The van der Waals surface area contributed by atoms with Crippen molar-refractivity contribution in [1.82, 2.24) is 14.3 Å². The minimum atomic E-state index is -0.310. The van der Waals surface area contributed by atoms with Crippen LogP contribution in [0, 0.1) is 16.5 Å². The van der Waals surface area contributed by atoms with Gasteiger partial charge in [-0.05, 0) is 36.5 Å². The van der Waals surface area contributed by atoms with E-state index in [0.717, 1.165) is 25.9 Å². The van der Waals surface area contributed by atoms with Crippen LogP contribution in [0.2, 0.25) is 0 Å². The second-order valence-electron chi connectivity index (χ2n) is 7.05. The zero-order valence-corrected chi connectivity index (χ0v) is 17.3. The molecular formula is C20H26FN4O3S+. The van der Waals surface area contributed by atoms with Gasteiger partial charge in [-0.15, -0.1) is 11.7 Å². The van der Waals surface area contributed by atoms with Gasteiger partial charge in [0.1, 0.15) is 18.2 Å². The van der Waals surface area contributed by atoms with Crippen molar-refractivity contribution in [3.05, 3.63) is 53.3 Å². The summed E-state index contributed by atoms with van der Waals surface area (Å²) < 4.78 is 27.9. The number of aromatic nitrogens is 3. The molecule has 29 heavy (non-hydrogen) atoms. The second-order valence-corrected chi connectivity index (χ2v) is 7.41. The van der Waals surface area contributed by atoms with Gasteiger partial charge in [-0.2, -0.15) is 4.68 Å². The number of allylic oxidation sites excluding steroid dienone is 1. The van der Waals surface area contributed by atoms with Gasteiger partial charge in [-0.25, -0.2) is 4.39 Å². The first-order chi connectivity index (χ1) is 14.0. The summed E-state index contributed by atoms with van der Waals surface area (Å²) in [6.07, 6.45) is 3.35. The first kappa shape index (κ1) is 21.2. The van der Waals surface area contributed by atoms with Gasteiger partial charge in [-0.1, -0.05) is 6.08 Å². The molecule has 156 valence electrons. The number of likely N-dealkylation sites (tertiary alicyclic amines) is 1. The van der Waals surface area contributed by atoms with E-state index in [-0.39, 0.29) is 24.3 Å². The molecule has 1 aliphatic heterocycles. The zero-order valence-electron chi connectivity index (χ0n) is 16.5. The summed E-state index contributed by atoms with van der Waals surface area (Å²) in [6.45, 7) is 6.88. The van der Waals surface area contributed by atoms with Crippen molar-refractivity contribution in [3.8, 4) is 5.75 Å². The Balaban J connectivity index is 1.67. The fourth-order valence-corrected chi connectivity index (χ4v) is 3.77. The van der Waals surface area contributed by atoms with Crippen LogP contribution in [0.5, 0.6) is 5.75 Å². The van der Waals surface area contributed by atoms with Crippen LogP contribution in [0.4, 0.5) is 4.39 Å². The van der Waals surface area contributed by atoms with E-state index < -0.39 is 0 Å². The number of esters is 1. The van der Waals surface area contributed by atoms with Crippen LogP contribution in [0.3, 0.4) is 0 Å². The molecule has 3 rings (SSSR count). The normalized spacial score (nSPS) is 19.0. The van der Waals surface area contributed by atoms with Gasteiger partial charge >= 0.3 is 5.97 Å². The topological polar surface area (TPSA) is 62.7 Å². The number of benzene rings is 1. The Kier molecular flexibility index (Phi) is 7.16. The molecule has 2 heterocycles. The largest absolute Gasteiger partial charge is 0.486 e. The van der Waals surface area contributed by atoms with E-state index in [9.17, 15) is 9.18 Å². The third-order valence-corrected chi connectivity index (χ3v) is 5.52. The van der Waals surface area contributed by atoms with Gasteiger partial charge in [0, 0.05) is 19.4 Å². The van der Waals surface area contributed by atoms with Crippen LogP contribution in [-0.2, 0) is 29.4 Å². The van der Waals surface area contributed by atoms with E-state index in [1.165, 1.54) is 24.1 Å². The Morgan fingerprint density at radius 2 is 2.07 bits per heavy atom. The molecule has 1 N–H and O–H groups in total. The van der Waals surface area contributed by atoms with Crippen molar-refractivity contribution in [2.24, 2.45) is 5.92 Å². The summed E-state index contributed by atoms with van der Waals surface area (Å²) in [7, 11) is 1.43. The average molecular weight is 422 g/mol. The molecule has 0 spiro atoms. The summed E-state index contributed by atoms with van der Waals surface area (Å²) in [5.41, 5.74) is 0. The SMILES string of the molecule is C=CCn1c(COc2ccc(F)cc2)nn(C[NH+]2CCC(C(=O)OC)CC2)c1=S. The second kappa shape index (κ2) is 9.80. The molecule has 0 atom stereocenters. The number of halogens is 1.